The minimum absolute atomic E-state index is 0.0324. The van der Waals surface area contributed by atoms with Crippen molar-refractivity contribution in [2.75, 3.05) is 0 Å². The van der Waals surface area contributed by atoms with Crippen LogP contribution in [-0.2, 0) is 14.3 Å². The fourth-order valence-electron chi connectivity index (χ4n) is 7.43. The number of fused-ring (bicyclic) bond motifs is 3. The van der Waals surface area contributed by atoms with E-state index in [-0.39, 0.29) is 36.1 Å². The molecular weight excluding hydrogens is 367 g/mol. The third-order valence-electron chi connectivity index (χ3n) is 8.83. The molecule has 1 heterocycles. The van der Waals surface area contributed by atoms with E-state index < -0.39 is 33.3 Å². The topological polar surface area (TPSA) is 66.9 Å². The Labute approximate surface area is 163 Å². The number of carbonyl (C=O) groups excluding carboxylic acids is 2. The lowest BCUT2D eigenvalue weighted by atomic mass is 9.46. The Morgan fingerprint density at radius 2 is 2.04 bits per heavy atom. The minimum atomic E-state index is -1.53. The summed E-state index contributed by atoms with van der Waals surface area (Å²) < 4.78 is 21.6. The summed E-state index contributed by atoms with van der Waals surface area (Å²) in [5, 5.41) is 10.9. The molecule has 6 heteroatoms. The quantitative estimate of drug-likeness (QED) is 0.532. The smallest absolute Gasteiger partial charge is 0.218 e. The van der Waals surface area contributed by atoms with Crippen LogP contribution in [0.5, 0.6) is 0 Å². The Morgan fingerprint density at radius 1 is 1.33 bits per heavy atom. The van der Waals surface area contributed by atoms with Gasteiger partial charge in [-0.25, -0.2) is 4.39 Å². The molecule has 9 atom stereocenters. The van der Waals surface area contributed by atoms with E-state index in [0.29, 0.717) is 18.4 Å². The second-order valence-electron chi connectivity index (χ2n) is 9.68. The fourth-order valence-corrected chi connectivity index (χ4v) is 7.91. The molecule has 0 aromatic heterocycles. The van der Waals surface area contributed by atoms with Crippen molar-refractivity contribution in [3.63, 3.8) is 0 Å². The van der Waals surface area contributed by atoms with E-state index in [9.17, 15) is 14.7 Å². The van der Waals surface area contributed by atoms with Gasteiger partial charge in [-0.15, -0.1) is 12.6 Å². The number of hydrogen-bond acceptors (Lipinski definition) is 4. The minimum Gasteiger partial charge on any atom is -0.380 e. The number of rotatable bonds is 1. The van der Waals surface area contributed by atoms with Crippen molar-refractivity contribution >= 4 is 23.5 Å². The third-order valence-corrected chi connectivity index (χ3v) is 9.17. The van der Waals surface area contributed by atoms with Crippen LogP contribution in [0, 0.1) is 28.6 Å². The highest BCUT2D eigenvalue weighted by Gasteiger charge is 2.82. The van der Waals surface area contributed by atoms with Gasteiger partial charge in [-0.2, -0.15) is 0 Å². The van der Waals surface area contributed by atoms with Gasteiger partial charge in [0.2, 0.25) is 5.12 Å². The molecule has 1 aliphatic heterocycles. The highest BCUT2D eigenvalue weighted by molar-refractivity contribution is 7.96. The van der Waals surface area contributed by atoms with E-state index in [2.05, 4.69) is 12.6 Å². The first-order valence-electron chi connectivity index (χ1n) is 9.75. The molecule has 1 spiro atoms. The Hall–Kier alpha value is -0.980. The number of ether oxygens (including phenoxy) is 1. The van der Waals surface area contributed by atoms with Crippen LogP contribution in [0.1, 0.15) is 40.0 Å². The van der Waals surface area contributed by atoms with Gasteiger partial charge in [0.1, 0.15) is 17.4 Å². The number of carbonyl (C=O) groups is 2. The number of halogens is 1. The number of allylic oxidation sites excluding steroid dienone is 2. The van der Waals surface area contributed by atoms with E-state index in [4.69, 9.17) is 4.74 Å². The van der Waals surface area contributed by atoms with Gasteiger partial charge in [-0.3, -0.25) is 9.59 Å². The van der Waals surface area contributed by atoms with Crippen molar-refractivity contribution in [3.8, 4) is 0 Å². The zero-order valence-electron chi connectivity index (χ0n) is 15.7. The number of alkyl halides is 1. The third kappa shape index (κ3) is 1.75. The van der Waals surface area contributed by atoms with Crippen LogP contribution in [-0.4, -0.2) is 39.5 Å². The zero-order chi connectivity index (χ0) is 19.6. The molecular formula is C21H25FO4S. The summed E-state index contributed by atoms with van der Waals surface area (Å²) >= 11 is 4.03. The van der Waals surface area contributed by atoms with Crippen LogP contribution in [0.15, 0.2) is 23.8 Å². The predicted molar refractivity (Wildman–Crippen MR) is 99.9 cm³/mol. The van der Waals surface area contributed by atoms with Gasteiger partial charge in [0.25, 0.3) is 0 Å². The molecule has 1 saturated heterocycles. The van der Waals surface area contributed by atoms with Crippen LogP contribution in [0.4, 0.5) is 4.39 Å². The molecule has 4 fully saturated rings. The lowest BCUT2D eigenvalue weighted by Gasteiger charge is -2.56. The maximum atomic E-state index is 15.3. The van der Waals surface area contributed by atoms with Crippen molar-refractivity contribution in [2.45, 2.75) is 63.5 Å². The molecule has 146 valence electrons. The highest BCUT2D eigenvalue weighted by atomic mass is 32.1. The molecule has 0 bridgehead atoms. The number of epoxide rings is 1. The summed E-state index contributed by atoms with van der Waals surface area (Å²) in [6, 6.07) is 0. The molecule has 4 nitrogen and oxygen atoms in total. The van der Waals surface area contributed by atoms with Gasteiger partial charge in [-0.1, -0.05) is 19.9 Å². The average Bonchev–Trinajstić information content (AvgIpc) is 3.27. The standard InChI is InChI=1S/C21H25FO4S/c1-10-6-12-13-8-15(22)14-7-11(23)4-5-18(14,2)21(13)16(26-21)9-19(12,3)20(10,25)17(24)27/h4-5,7,10,12-13,15-16,25H,6,8-9H2,1-3H3,(H,24,27)/t10-,12?,13?,15+,16+,18+,19+,20+,21?/m1/s1. The van der Waals surface area contributed by atoms with Gasteiger partial charge in [0, 0.05) is 10.8 Å². The molecule has 0 radical (unpaired) electrons. The summed E-state index contributed by atoms with van der Waals surface area (Å²) in [5.41, 5.74) is -2.91. The summed E-state index contributed by atoms with van der Waals surface area (Å²) in [6.45, 7) is 5.80. The van der Waals surface area contributed by atoms with Gasteiger partial charge in [-0.05, 0) is 61.7 Å². The van der Waals surface area contributed by atoms with E-state index in [1.54, 1.807) is 0 Å². The summed E-state index contributed by atoms with van der Waals surface area (Å²) in [7, 11) is 0. The lowest BCUT2D eigenvalue weighted by Crippen LogP contribution is -2.62. The molecule has 0 amide bonds. The molecule has 3 unspecified atom stereocenters. The Kier molecular flexibility index (Phi) is 3.31. The van der Waals surface area contributed by atoms with E-state index in [1.165, 1.54) is 12.2 Å². The first kappa shape index (κ1) is 18.1. The normalized spacial score (nSPS) is 57.9. The number of aliphatic hydroxyl groups is 1. The molecule has 4 aliphatic carbocycles. The number of ketones is 1. The largest absolute Gasteiger partial charge is 0.380 e. The van der Waals surface area contributed by atoms with E-state index in [0.717, 1.165) is 0 Å². The molecule has 1 N–H and O–H groups in total. The van der Waals surface area contributed by atoms with Gasteiger partial charge < -0.3 is 9.84 Å². The van der Waals surface area contributed by atoms with Crippen LogP contribution in [0.3, 0.4) is 0 Å². The van der Waals surface area contributed by atoms with E-state index >= 15 is 4.39 Å². The van der Waals surface area contributed by atoms with Crippen molar-refractivity contribution in [1.29, 1.82) is 0 Å². The number of thiol groups is 1. The molecule has 27 heavy (non-hydrogen) atoms. The Bertz CT molecular complexity index is 838. The summed E-state index contributed by atoms with van der Waals surface area (Å²) in [4.78, 5) is 24.2. The average molecular weight is 392 g/mol. The van der Waals surface area contributed by atoms with Crippen LogP contribution in [0.2, 0.25) is 0 Å². The van der Waals surface area contributed by atoms with E-state index in [1.807, 2.05) is 26.8 Å². The SMILES string of the molecule is C[C@@H]1CC2C3C[C@H](F)C4=CC(=O)C=C[C@]4(C)C34O[C@H]4C[C@]2(C)[C@@]1(O)C(=O)S. The fraction of sp³-hybridized carbons (Fsp3) is 0.714. The van der Waals surface area contributed by atoms with Gasteiger partial charge >= 0.3 is 0 Å². The maximum Gasteiger partial charge on any atom is 0.218 e. The van der Waals surface area contributed by atoms with Crippen LogP contribution >= 0.6 is 12.6 Å². The van der Waals surface area contributed by atoms with Gasteiger partial charge in [0.05, 0.1) is 6.10 Å². The first-order valence-corrected chi connectivity index (χ1v) is 10.2. The van der Waals surface area contributed by atoms with Crippen molar-refractivity contribution in [3.05, 3.63) is 23.8 Å². The second-order valence-corrected chi connectivity index (χ2v) is 10.1. The van der Waals surface area contributed by atoms with Crippen LogP contribution in [0.25, 0.3) is 0 Å². The predicted octanol–water partition coefficient (Wildman–Crippen LogP) is 2.81. The second kappa shape index (κ2) is 4.95. The maximum absolute atomic E-state index is 15.3. The monoisotopic (exact) mass is 392 g/mol. The molecule has 5 rings (SSSR count). The van der Waals surface area contributed by atoms with Crippen LogP contribution < -0.4 is 0 Å². The molecule has 3 saturated carbocycles. The van der Waals surface area contributed by atoms with Crippen molar-refractivity contribution < 1.29 is 23.8 Å². The lowest BCUT2D eigenvalue weighted by molar-refractivity contribution is -0.153. The zero-order valence-corrected chi connectivity index (χ0v) is 16.6. The Balaban J connectivity index is 1.64. The Morgan fingerprint density at radius 3 is 2.70 bits per heavy atom. The summed E-state index contributed by atoms with van der Waals surface area (Å²) in [6.07, 6.45) is 4.85. The van der Waals surface area contributed by atoms with Crippen molar-refractivity contribution in [1.82, 2.24) is 0 Å². The highest BCUT2D eigenvalue weighted by Crippen LogP contribution is 2.76. The summed E-state index contributed by atoms with van der Waals surface area (Å²) in [5.74, 6) is -0.559. The molecule has 0 aromatic carbocycles. The van der Waals surface area contributed by atoms with Gasteiger partial charge in [0.15, 0.2) is 5.78 Å². The first-order chi connectivity index (χ1) is 12.5. The number of hydrogen-bond donors (Lipinski definition) is 2. The molecule has 0 aromatic rings. The molecule has 5 aliphatic rings. The van der Waals surface area contributed by atoms with Crippen molar-refractivity contribution in [2.24, 2.45) is 28.6 Å².